The first kappa shape index (κ1) is 18.6. The van der Waals surface area contributed by atoms with E-state index in [-0.39, 0.29) is 5.92 Å². The molecule has 0 aromatic heterocycles. The molecule has 2 atom stereocenters. The molecule has 0 spiro atoms. The van der Waals surface area contributed by atoms with E-state index in [1.165, 1.54) is 0 Å². The molecule has 1 unspecified atom stereocenters. The van der Waals surface area contributed by atoms with Gasteiger partial charge in [-0.2, -0.15) is 0 Å². The van der Waals surface area contributed by atoms with Gasteiger partial charge in [-0.15, -0.1) is 0 Å². The summed E-state index contributed by atoms with van der Waals surface area (Å²) in [7, 11) is 0. The summed E-state index contributed by atoms with van der Waals surface area (Å²) in [6.07, 6.45) is 1.13. The second-order valence-corrected chi connectivity index (χ2v) is 7.55. The molecule has 4 nitrogen and oxygen atoms in total. The van der Waals surface area contributed by atoms with Gasteiger partial charge in [0.2, 0.25) is 0 Å². The van der Waals surface area contributed by atoms with Crippen molar-refractivity contribution < 1.29 is 15.0 Å². The molecule has 1 saturated heterocycles. The summed E-state index contributed by atoms with van der Waals surface area (Å²) in [6, 6.07) is 19.3. The van der Waals surface area contributed by atoms with Crippen LogP contribution in [0.2, 0.25) is 0 Å². The molecule has 1 aliphatic rings. The Bertz CT molecular complexity index is 734. The van der Waals surface area contributed by atoms with E-state index < -0.39 is 17.1 Å². The van der Waals surface area contributed by atoms with E-state index >= 15 is 0 Å². The Balaban J connectivity index is 2.13. The van der Waals surface area contributed by atoms with Crippen molar-refractivity contribution in [3.8, 4) is 0 Å². The Labute approximate surface area is 155 Å². The van der Waals surface area contributed by atoms with Gasteiger partial charge < -0.3 is 10.2 Å². The molecule has 26 heavy (non-hydrogen) atoms. The Morgan fingerprint density at radius 2 is 1.54 bits per heavy atom. The number of carboxylic acid groups (broad SMARTS) is 1. The average Bonchev–Trinajstić information content (AvgIpc) is 2.64. The number of hydrogen-bond acceptors (Lipinski definition) is 3. The van der Waals surface area contributed by atoms with Gasteiger partial charge in [0, 0.05) is 19.0 Å². The summed E-state index contributed by atoms with van der Waals surface area (Å²) in [6.45, 7) is 4.91. The number of carbonyl (C=O) groups is 1. The fourth-order valence-electron chi connectivity index (χ4n) is 4.17. The molecule has 1 aliphatic heterocycles. The van der Waals surface area contributed by atoms with Gasteiger partial charge in [0.15, 0.2) is 5.54 Å². The summed E-state index contributed by atoms with van der Waals surface area (Å²) >= 11 is 0. The fraction of sp³-hybridized carbons (Fsp3) is 0.409. The summed E-state index contributed by atoms with van der Waals surface area (Å²) in [5.41, 5.74) is -0.117. The van der Waals surface area contributed by atoms with Crippen LogP contribution >= 0.6 is 0 Å². The van der Waals surface area contributed by atoms with Gasteiger partial charge in [-0.25, -0.2) is 4.79 Å². The number of aliphatic carboxylic acids is 1. The fourth-order valence-corrected chi connectivity index (χ4v) is 4.17. The van der Waals surface area contributed by atoms with Crippen molar-refractivity contribution in [2.45, 2.75) is 43.7 Å². The molecule has 4 heteroatoms. The van der Waals surface area contributed by atoms with Crippen molar-refractivity contribution in [3.05, 3.63) is 71.8 Å². The Kier molecular flexibility index (Phi) is 5.17. The maximum absolute atomic E-state index is 12.8. The van der Waals surface area contributed by atoms with Gasteiger partial charge in [-0.3, -0.25) is 4.90 Å². The third kappa shape index (κ3) is 3.27. The van der Waals surface area contributed by atoms with Gasteiger partial charge in [-0.05, 0) is 30.9 Å². The highest BCUT2D eigenvalue weighted by Gasteiger charge is 2.52. The lowest BCUT2D eigenvalue weighted by Gasteiger charge is -2.49. The van der Waals surface area contributed by atoms with Crippen LogP contribution in [0.3, 0.4) is 0 Å². The highest BCUT2D eigenvalue weighted by molar-refractivity contribution is 5.82. The normalized spacial score (nSPS) is 20.9. The van der Waals surface area contributed by atoms with Crippen molar-refractivity contribution >= 4 is 5.97 Å². The van der Waals surface area contributed by atoms with Crippen LogP contribution in [0.1, 0.15) is 43.7 Å². The zero-order valence-electron chi connectivity index (χ0n) is 15.4. The smallest absolute Gasteiger partial charge is 0.329 e. The van der Waals surface area contributed by atoms with Gasteiger partial charge >= 0.3 is 5.97 Å². The zero-order chi connectivity index (χ0) is 18.8. The SMILES string of the molecule is CC(c1ccccc1)[C@](C(=O)O)(c1ccccc1)N1CCC(C)(O)CC1. The Morgan fingerprint density at radius 1 is 1.04 bits per heavy atom. The van der Waals surface area contributed by atoms with Gasteiger partial charge in [0.25, 0.3) is 0 Å². The first-order chi connectivity index (χ1) is 12.4. The van der Waals surface area contributed by atoms with E-state index in [1.54, 1.807) is 0 Å². The number of piperidine rings is 1. The van der Waals surface area contributed by atoms with Crippen molar-refractivity contribution in [1.29, 1.82) is 0 Å². The number of carboxylic acids is 1. The third-order valence-electron chi connectivity index (χ3n) is 5.81. The molecule has 0 saturated carbocycles. The predicted molar refractivity (Wildman–Crippen MR) is 102 cm³/mol. The standard InChI is InChI=1S/C22H27NO3/c1-17(18-9-5-3-6-10-18)22(20(24)25,19-11-7-4-8-12-19)23-15-13-21(2,26)14-16-23/h3-12,17,26H,13-16H2,1-2H3,(H,24,25)/t17?,22-/m1/s1. The second kappa shape index (κ2) is 7.22. The van der Waals surface area contributed by atoms with Crippen LogP contribution in [0.5, 0.6) is 0 Å². The molecule has 0 aliphatic carbocycles. The Morgan fingerprint density at radius 3 is 2.04 bits per heavy atom. The molecule has 2 N–H and O–H groups in total. The first-order valence-corrected chi connectivity index (χ1v) is 9.19. The van der Waals surface area contributed by atoms with Crippen molar-refractivity contribution in [3.63, 3.8) is 0 Å². The zero-order valence-corrected chi connectivity index (χ0v) is 15.4. The molecule has 0 bridgehead atoms. The summed E-state index contributed by atoms with van der Waals surface area (Å²) in [5, 5.41) is 20.8. The van der Waals surface area contributed by atoms with E-state index in [2.05, 4.69) is 0 Å². The van der Waals surface area contributed by atoms with Crippen molar-refractivity contribution in [2.75, 3.05) is 13.1 Å². The molecule has 1 heterocycles. The maximum Gasteiger partial charge on any atom is 0.329 e. The Hall–Kier alpha value is -2.17. The van der Waals surface area contributed by atoms with E-state index in [4.69, 9.17) is 0 Å². The van der Waals surface area contributed by atoms with Crippen LogP contribution in [0.25, 0.3) is 0 Å². The van der Waals surface area contributed by atoms with E-state index in [9.17, 15) is 15.0 Å². The topological polar surface area (TPSA) is 60.8 Å². The molecule has 0 amide bonds. The largest absolute Gasteiger partial charge is 0.480 e. The summed E-state index contributed by atoms with van der Waals surface area (Å²) < 4.78 is 0. The molecule has 138 valence electrons. The van der Waals surface area contributed by atoms with Crippen LogP contribution < -0.4 is 0 Å². The monoisotopic (exact) mass is 353 g/mol. The molecular weight excluding hydrogens is 326 g/mol. The molecule has 3 rings (SSSR count). The quantitative estimate of drug-likeness (QED) is 0.862. The molecule has 0 radical (unpaired) electrons. The predicted octanol–water partition coefficient (Wildman–Crippen LogP) is 3.62. The van der Waals surface area contributed by atoms with Gasteiger partial charge in [-0.1, -0.05) is 67.6 Å². The second-order valence-electron chi connectivity index (χ2n) is 7.55. The minimum absolute atomic E-state index is 0.244. The van der Waals surface area contributed by atoms with Crippen LogP contribution in [0, 0.1) is 0 Å². The lowest BCUT2D eigenvalue weighted by Crippen LogP contribution is -2.59. The van der Waals surface area contributed by atoms with Crippen LogP contribution in [0.15, 0.2) is 60.7 Å². The number of aliphatic hydroxyl groups is 1. The van der Waals surface area contributed by atoms with Gasteiger partial charge in [0.1, 0.15) is 0 Å². The van der Waals surface area contributed by atoms with Gasteiger partial charge in [0.05, 0.1) is 5.60 Å². The highest BCUT2D eigenvalue weighted by Crippen LogP contribution is 2.44. The number of rotatable bonds is 5. The molecule has 2 aromatic carbocycles. The van der Waals surface area contributed by atoms with Crippen molar-refractivity contribution in [1.82, 2.24) is 4.90 Å². The van der Waals surface area contributed by atoms with Crippen LogP contribution in [-0.2, 0) is 10.3 Å². The lowest BCUT2D eigenvalue weighted by molar-refractivity contribution is -0.158. The highest BCUT2D eigenvalue weighted by atomic mass is 16.4. The third-order valence-corrected chi connectivity index (χ3v) is 5.81. The molecule has 1 fully saturated rings. The van der Waals surface area contributed by atoms with E-state index in [0.29, 0.717) is 25.9 Å². The molecule has 2 aromatic rings. The van der Waals surface area contributed by atoms with Crippen LogP contribution in [-0.4, -0.2) is 39.8 Å². The number of likely N-dealkylation sites (tertiary alicyclic amines) is 1. The summed E-state index contributed by atoms with van der Waals surface area (Å²) in [4.78, 5) is 14.8. The van der Waals surface area contributed by atoms with Crippen molar-refractivity contribution in [2.24, 2.45) is 0 Å². The minimum Gasteiger partial charge on any atom is -0.480 e. The maximum atomic E-state index is 12.8. The number of hydrogen-bond donors (Lipinski definition) is 2. The lowest BCUT2D eigenvalue weighted by atomic mass is 9.72. The van der Waals surface area contributed by atoms with E-state index in [1.807, 2.05) is 79.4 Å². The average molecular weight is 353 g/mol. The summed E-state index contributed by atoms with van der Waals surface area (Å²) in [5.74, 6) is -1.09. The van der Waals surface area contributed by atoms with Crippen LogP contribution in [0.4, 0.5) is 0 Å². The number of nitrogens with zero attached hydrogens (tertiary/aromatic N) is 1. The number of benzene rings is 2. The first-order valence-electron chi connectivity index (χ1n) is 9.19. The van der Waals surface area contributed by atoms with E-state index in [0.717, 1.165) is 11.1 Å². The molecular formula is C22H27NO3. The minimum atomic E-state index is -1.17.